The zero-order chi connectivity index (χ0) is 14.4. The maximum atomic E-state index is 12.0. The Balaban J connectivity index is 1.89. The van der Waals surface area contributed by atoms with Crippen molar-refractivity contribution in [1.82, 2.24) is 10.3 Å². The monoisotopic (exact) mass is 289 g/mol. The summed E-state index contributed by atoms with van der Waals surface area (Å²) >= 11 is 5.91. The van der Waals surface area contributed by atoms with E-state index in [1.807, 2.05) is 24.3 Å². The van der Waals surface area contributed by atoms with E-state index < -0.39 is 0 Å². The number of hydrogen-bond acceptors (Lipinski definition) is 3. The summed E-state index contributed by atoms with van der Waals surface area (Å²) in [6, 6.07) is 11.0. The average Bonchev–Trinajstić information content (AvgIpc) is 2.47. The number of halogens is 1. The number of nitrogens with zero attached hydrogens (tertiary/aromatic N) is 1. The van der Waals surface area contributed by atoms with E-state index in [0.29, 0.717) is 29.4 Å². The van der Waals surface area contributed by atoms with Crippen molar-refractivity contribution in [1.29, 1.82) is 0 Å². The zero-order valence-electron chi connectivity index (χ0n) is 11.0. The first kappa shape index (κ1) is 14.5. The Morgan fingerprint density at radius 2 is 2.15 bits per heavy atom. The zero-order valence-corrected chi connectivity index (χ0v) is 11.7. The molecule has 0 unspecified atom stereocenters. The van der Waals surface area contributed by atoms with E-state index in [9.17, 15) is 4.79 Å². The third kappa shape index (κ3) is 4.05. The van der Waals surface area contributed by atoms with Gasteiger partial charge in [-0.3, -0.25) is 9.78 Å². The van der Waals surface area contributed by atoms with Crippen LogP contribution in [0.3, 0.4) is 0 Å². The molecule has 2 rings (SSSR count). The highest BCUT2D eigenvalue weighted by Crippen LogP contribution is 2.10. The van der Waals surface area contributed by atoms with Gasteiger partial charge in [0.15, 0.2) is 0 Å². The summed E-state index contributed by atoms with van der Waals surface area (Å²) in [6.07, 6.45) is 2.33. The van der Waals surface area contributed by atoms with Crippen molar-refractivity contribution in [2.45, 2.75) is 13.0 Å². The number of nitrogens with one attached hydrogen (secondary N) is 1. The molecule has 0 spiro atoms. The highest BCUT2D eigenvalue weighted by molar-refractivity contribution is 6.30. The predicted molar refractivity (Wildman–Crippen MR) is 79.6 cm³/mol. The van der Waals surface area contributed by atoms with Crippen LogP contribution in [-0.2, 0) is 13.0 Å². The maximum Gasteiger partial charge on any atom is 0.251 e. The van der Waals surface area contributed by atoms with Gasteiger partial charge in [0.05, 0.1) is 5.69 Å². The number of aromatic nitrogens is 1. The van der Waals surface area contributed by atoms with E-state index in [0.717, 1.165) is 12.0 Å². The lowest BCUT2D eigenvalue weighted by atomic mass is 10.1. The van der Waals surface area contributed by atoms with Gasteiger partial charge in [-0.2, -0.15) is 0 Å². The van der Waals surface area contributed by atoms with E-state index in [1.54, 1.807) is 18.3 Å². The number of hydrogen-bond donors (Lipinski definition) is 2. The fourth-order valence-electron chi connectivity index (χ4n) is 1.85. The molecule has 0 aliphatic carbocycles. The summed E-state index contributed by atoms with van der Waals surface area (Å²) in [5, 5.41) is 3.57. The van der Waals surface area contributed by atoms with E-state index >= 15 is 0 Å². The summed E-state index contributed by atoms with van der Waals surface area (Å²) in [4.78, 5) is 16.0. The molecule has 0 aliphatic heterocycles. The van der Waals surface area contributed by atoms with Gasteiger partial charge < -0.3 is 11.1 Å². The quantitative estimate of drug-likeness (QED) is 0.886. The topological polar surface area (TPSA) is 68.0 Å². The number of amides is 1. The van der Waals surface area contributed by atoms with Gasteiger partial charge >= 0.3 is 0 Å². The van der Waals surface area contributed by atoms with Gasteiger partial charge in [0.25, 0.3) is 5.91 Å². The van der Waals surface area contributed by atoms with Gasteiger partial charge in [-0.15, -0.1) is 0 Å². The molecule has 0 bridgehead atoms. The lowest BCUT2D eigenvalue weighted by molar-refractivity contribution is 0.0954. The molecule has 1 aromatic heterocycles. The first-order chi connectivity index (χ1) is 9.69. The van der Waals surface area contributed by atoms with Crippen LogP contribution < -0.4 is 11.1 Å². The smallest absolute Gasteiger partial charge is 0.251 e. The van der Waals surface area contributed by atoms with Crippen molar-refractivity contribution in [3.63, 3.8) is 0 Å². The summed E-state index contributed by atoms with van der Waals surface area (Å²) in [7, 11) is 0. The highest BCUT2D eigenvalue weighted by Gasteiger charge is 2.06. The first-order valence-corrected chi connectivity index (χ1v) is 6.74. The van der Waals surface area contributed by atoms with Crippen molar-refractivity contribution in [3.8, 4) is 0 Å². The summed E-state index contributed by atoms with van der Waals surface area (Å²) in [5.74, 6) is -0.121. The number of nitrogens with two attached hydrogens (primary N) is 1. The number of carbonyl (C=O) groups is 1. The third-order valence-corrected chi connectivity index (χ3v) is 3.11. The number of pyridine rings is 1. The minimum Gasteiger partial charge on any atom is -0.352 e. The van der Waals surface area contributed by atoms with Crippen molar-refractivity contribution in [3.05, 3.63) is 64.4 Å². The molecule has 0 saturated carbocycles. The summed E-state index contributed by atoms with van der Waals surface area (Å²) < 4.78 is 0. The third-order valence-electron chi connectivity index (χ3n) is 2.88. The van der Waals surface area contributed by atoms with Crippen LogP contribution >= 0.6 is 11.6 Å². The Kier molecular flexibility index (Phi) is 5.09. The van der Waals surface area contributed by atoms with Gasteiger partial charge in [0.1, 0.15) is 0 Å². The van der Waals surface area contributed by atoms with Crippen LogP contribution in [0.25, 0.3) is 0 Å². The molecule has 0 atom stereocenters. The molecule has 0 radical (unpaired) electrons. The highest BCUT2D eigenvalue weighted by atomic mass is 35.5. The molecule has 20 heavy (non-hydrogen) atoms. The Morgan fingerprint density at radius 3 is 2.90 bits per heavy atom. The molecule has 1 aromatic carbocycles. The van der Waals surface area contributed by atoms with Crippen LogP contribution in [0.15, 0.2) is 42.6 Å². The van der Waals surface area contributed by atoms with Crippen molar-refractivity contribution in [2.24, 2.45) is 5.73 Å². The van der Waals surface area contributed by atoms with Crippen LogP contribution in [0, 0.1) is 0 Å². The van der Waals surface area contributed by atoms with E-state index in [4.69, 9.17) is 17.3 Å². The normalized spacial score (nSPS) is 10.3. The molecule has 1 amide bonds. The van der Waals surface area contributed by atoms with Gasteiger partial charge in [0, 0.05) is 29.9 Å². The van der Waals surface area contributed by atoms with Crippen LogP contribution in [0.1, 0.15) is 21.6 Å². The van der Waals surface area contributed by atoms with Gasteiger partial charge in [-0.05, 0) is 36.2 Å². The molecular weight excluding hydrogens is 274 g/mol. The maximum absolute atomic E-state index is 12.0. The van der Waals surface area contributed by atoms with Crippen LogP contribution in [-0.4, -0.2) is 17.4 Å². The Bertz CT molecular complexity index is 601. The van der Waals surface area contributed by atoms with Gasteiger partial charge in [-0.1, -0.05) is 23.7 Å². The second kappa shape index (κ2) is 7.03. The molecule has 1 heterocycles. The van der Waals surface area contributed by atoms with Crippen molar-refractivity contribution >= 4 is 17.5 Å². The van der Waals surface area contributed by atoms with Crippen molar-refractivity contribution < 1.29 is 4.79 Å². The predicted octanol–water partition coefficient (Wildman–Crippen LogP) is 2.17. The van der Waals surface area contributed by atoms with Crippen LogP contribution in [0.4, 0.5) is 0 Å². The second-order valence-corrected chi connectivity index (χ2v) is 4.81. The SMILES string of the molecule is NCc1cc(C(=O)NCCc2cccc(Cl)c2)ccn1. The van der Waals surface area contributed by atoms with Gasteiger partial charge in [-0.25, -0.2) is 0 Å². The average molecular weight is 290 g/mol. The lowest BCUT2D eigenvalue weighted by Crippen LogP contribution is -2.26. The van der Waals surface area contributed by atoms with E-state index in [1.165, 1.54) is 0 Å². The molecular formula is C15H16ClN3O. The molecule has 2 aromatic rings. The first-order valence-electron chi connectivity index (χ1n) is 6.36. The van der Waals surface area contributed by atoms with E-state index in [-0.39, 0.29) is 5.91 Å². The Labute approximate surface area is 123 Å². The minimum absolute atomic E-state index is 0.121. The summed E-state index contributed by atoms with van der Waals surface area (Å²) in [5.41, 5.74) is 7.87. The Hall–Kier alpha value is -1.91. The molecule has 0 saturated heterocycles. The van der Waals surface area contributed by atoms with Crippen molar-refractivity contribution in [2.75, 3.05) is 6.54 Å². The van der Waals surface area contributed by atoms with Crippen LogP contribution in [0.2, 0.25) is 5.02 Å². The molecule has 104 valence electrons. The van der Waals surface area contributed by atoms with E-state index in [2.05, 4.69) is 10.3 Å². The molecule has 5 heteroatoms. The molecule has 4 nitrogen and oxygen atoms in total. The van der Waals surface area contributed by atoms with Gasteiger partial charge in [0.2, 0.25) is 0 Å². The van der Waals surface area contributed by atoms with Crippen LogP contribution in [0.5, 0.6) is 0 Å². The standard InChI is InChI=1S/C15H16ClN3O/c16-13-3-1-2-11(8-13)4-6-19-15(20)12-5-7-18-14(9-12)10-17/h1-3,5,7-9H,4,6,10,17H2,(H,19,20). The lowest BCUT2D eigenvalue weighted by Gasteiger charge is -2.06. The minimum atomic E-state index is -0.121. The second-order valence-electron chi connectivity index (χ2n) is 4.38. The number of rotatable bonds is 5. The summed E-state index contributed by atoms with van der Waals surface area (Å²) in [6.45, 7) is 0.878. The number of benzene rings is 1. The fraction of sp³-hybridized carbons (Fsp3) is 0.200. The fourth-order valence-corrected chi connectivity index (χ4v) is 2.06. The number of carbonyl (C=O) groups excluding carboxylic acids is 1. The largest absolute Gasteiger partial charge is 0.352 e. The molecule has 3 N–H and O–H groups in total. The molecule has 0 aliphatic rings. The Morgan fingerprint density at radius 1 is 1.30 bits per heavy atom. The molecule has 0 fully saturated rings.